The fraction of sp³-hybridized carbons (Fsp3) is 0.600. The maximum atomic E-state index is 4.69. The van der Waals surface area contributed by atoms with Crippen molar-refractivity contribution in [2.24, 2.45) is 11.8 Å². The maximum absolute atomic E-state index is 4.69. The average molecular weight is 277 g/mol. The monoisotopic (exact) mass is 277 g/mol. The summed E-state index contributed by atoms with van der Waals surface area (Å²) < 4.78 is 0. The molecule has 0 saturated carbocycles. The van der Waals surface area contributed by atoms with Crippen molar-refractivity contribution in [3.8, 4) is 0 Å². The normalized spacial score (nSPS) is 25.7. The molecule has 3 rings (SSSR count). The Labute approximate surface area is 121 Å². The Hall–Kier alpha value is -0.870. The SMILES string of the molecule is CCc1cc(N2CC3CNCC3C2)c(S)cc1NC. The standard InChI is InChI=1S/C15H23N3S/c1-3-10-4-14(15(19)5-13(10)16-2)18-8-11-6-17-7-12(11)9-18/h4-5,11-12,16-17,19H,3,6-9H2,1-2H3. The number of hydrogen-bond acceptors (Lipinski definition) is 4. The molecule has 0 spiro atoms. The van der Waals surface area contributed by atoms with Gasteiger partial charge in [0.15, 0.2) is 0 Å². The van der Waals surface area contributed by atoms with Crippen molar-refractivity contribution in [2.75, 3.05) is 43.4 Å². The summed E-state index contributed by atoms with van der Waals surface area (Å²) in [6, 6.07) is 4.49. The van der Waals surface area contributed by atoms with Gasteiger partial charge >= 0.3 is 0 Å². The van der Waals surface area contributed by atoms with Gasteiger partial charge in [0.25, 0.3) is 0 Å². The second kappa shape index (κ2) is 5.25. The summed E-state index contributed by atoms with van der Waals surface area (Å²) in [4.78, 5) is 3.62. The van der Waals surface area contributed by atoms with Crippen LogP contribution in [0.3, 0.4) is 0 Å². The van der Waals surface area contributed by atoms with E-state index in [4.69, 9.17) is 12.6 Å². The highest BCUT2D eigenvalue weighted by atomic mass is 32.1. The summed E-state index contributed by atoms with van der Waals surface area (Å²) in [7, 11) is 1.98. The van der Waals surface area contributed by atoms with Crippen molar-refractivity contribution >= 4 is 24.0 Å². The summed E-state index contributed by atoms with van der Waals surface area (Å²) >= 11 is 4.69. The number of nitrogens with zero attached hydrogens (tertiary/aromatic N) is 1. The van der Waals surface area contributed by atoms with Gasteiger partial charge < -0.3 is 15.5 Å². The van der Waals surface area contributed by atoms with E-state index in [1.54, 1.807) is 0 Å². The van der Waals surface area contributed by atoms with E-state index in [9.17, 15) is 0 Å². The summed E-state index contributed by atoms with van der Waals surface area (Å²) in [5.74, 6) is 1.64. The molecular weight excluding hydrogens is 254 g/mol. The van der Waals surface area contributed by atoms with Crippen LogP contribution in [0, 0.1) is 11.8 Å². The van der Waals surface area contributed by atoms with Crippen molar-refractivity contribution < 1.29 is 0 Å². The third kappa shape index (κ3) is 2.32. The minimum Gasteiger partial charge on any atom is -0.388 e. The first-order chi connectivity index (χ1) is 9.22. The molecule has 4 heteroatoms. The molecule has 2 aliphatic heterocycles. The van der Waals surface area contributed by atoms with Crippen LogP contribution in [0.25, 0.3) is 0 Å². The van der Waals surface area contributed by atoms with Crippen molar-refractivity contribution in [1.82, 2.24) is 5.32 Å². The minimum absolute atomic E-state index is 0.821. The average Bonchev–Trinajstić information content (AvgIpc) is 2.99. The third-order valence-electron chi connectivity index (χ3n) is 4.58. The molecule has 2 unspecified atom stereocenters. The molecule has 19 heavy (non-hydrogen) atoms. The molecule has 0 radical (unpaired) electrons. The number of rotatable bonds is 3. The van der Waals surface area contributed by atoms with Crippen LogP contribution in [0.5, 0.6) is 0 Å². The molecule has 0 bridgehead atoms. The smallest absolute Gasteiger partial charge is 0.0506 e. The number of benzene rings is 1. The number of fused-ring (bicyclic) bond motifs is 1. The lowest BCUT2D eigenvalue weighted by molar-refractivity contribution is 0.533. The molecule has 2 aliphatic rings. The number of aryl methyl sites for hydroxylation is 1. The van der Waals surface area contributed by atoms with E-state index < -0.39 is 0 Å². The van der Waals surface area contributed by atoms with Crippen LogP contribution in [0.15, 0.2) is 17.0 Å². The molecule has 2 fully saturated rings. The first-order valence-corrected chi connectivity index (χ1v) is 7.67. The Morgan fingerprint density at radius 1 is 1.32 bits per heavy atom. The largest absolute Gasteiger partial charge is 0.388 e. The van der Waals surface area contributed by atoms with Crippen molar-refractivity contribution in [3.63, 3.8) is 0 Å². The fourth-order valence-corrected chi connectivity index (χ4v) is 3.79. The van der Waals surface area contributed by atoms with Gasteiger partial charge in [-0.25, -0.2) is 0 Å². The number of thiol groups is 1. The van der Waals surface area contributed by atoms with Gasteiger partial charge in [0.05, 0.1) is 5.69 Å². The molecule has 1 aromatic carbocycles. The van der Waals surface area contributed by atoms with Gasteiger partial charge in [0, 0.05) is 43.8 Å². The molecule has 0 aromatic heterocycles. The topological polar surface area (TPSA) is 27.3 Å². The predicted octanol–water partition coefficient (Wildman–Crippen LogP) is 2.24. The minimum atomic E-state index is 0.821. The van der Waals surface area contributed by atoms with Crippen LogP contribution in [0.1, 0.15) is 12.5 Å². The van der Waals surface area contributed by atoms with Crippen molar-refractivity contribution in [3.05, 3.63) is 17.7 Å². The summed E-state index contributed by atoms with van der Waals surface area (Å²) in [6.45, 7) is 6.91. The highest BCUT2D eigenvalue weighted by Crippen LogP contribution is 2.36. The predicted molar refractivity (Wildman–Crippen MR) is 84.7 cm³/mol. The van der Waals surface area contributed by atoms with Gasteiger partial charge in [0.1, 0.15) is 0 Å². The highest BCUT2D eigenvalue weighted by Gasteiger charge is 2.36. The second-order valence-corrected chi connectivity index (χ2v) is 6.17. The lowest BCUT2D eigenvalue weighted by atomic mass is 10.0. The van der Waals surface area contributed by atoms with Crippen LogP contribution < -0.4 is 15.5 Å². The molecule has 2 atom stereocenters. The van der Waals surface area contributed by atoms with E-state index in [0.29, 0.717) is 0 Å². The van der Waals surface area contributed by atoms with Gasteiger partial charge in [0.2, 0.25) is 0 Å². The Morgan fingerprint density at radius 3 is 2.58 bits per heavy atom. The van der Waals surface area contributed by atoms with E-state index in [-0.39, 0.29) is 0 Å². The van der Waals surface area contributed by atoms with E-state index in [2.05, 4.69) is 34.6 Å². The molecule has 0 amide bonds. The molecule has 3 nitrogen and oxygen atoms in total. The van der Waals surface area contributed by atoms with Crippen LogP contribution in [-0.2, 0) is 6.42 Å². The fourth-order valence-electron chi connectivity index (χ4n) is 3.45. The molecule has 2 N–H and O–H groups in total. The quantitative estimate of drug-likeness (QED) is 0.740. The van der Waals surface area contributed by atoms with Crippen LogP contribution in [-0.4, -0.2) is 33.2 Å². The number of hydrogen-bond donors (Lipinski definition) is 3. The summed E-state index contributed by atoms with van der Waals surface area (Å²) in [5.41, 5.74) is 3.90. The molecule has 1 aromatic rings. The molecular formula is C15H23N3S. The van der Waals surface area contributed by atoms with E-state index in [1.807, 2.05) is 7.05 Å². The van der Waals surface area contributed by atoms with Crippen molar-refractivity contribution in [1.29, 1.82) is 0 Å². The van der Waals surface area contributed by atoms with E-state index in [1.165, 1.54) is 43.1 Å². The lowest BCUT2D eigenvalue weighted by Gasteiger charge is -2.23. The van der Waals surface area contributed by atoms with E-state index in [0.717, 1.165) is 23.2 Å². The number of anilines is 2. The maximum Gasteiger partial charge on any atom is 0.0506 e. The third-order valence-corrected chi connectivity index (χ3v) is 4.94. The van der Waals surface area contributed by atoms with Crippen LogP contribution in [0.4, 0.5) is 11.4 Å². The first-order valence-electron chi connectivity index (χ1n) is 7.22. The highest BCUT2D eigenvalue weighted by molar-refractivity contribution is 7.80. The summed E-state index contributed by atoms with van der Waals surface area (Å²) in [6.07, 6.45) is 1.06. The second-order valence-electron chi connectivity index (χ2n) is 5.69. The lowest BCUT2D eigenvalue weighted by Crippen LogP contribution is -2.25. The molecule has 0 aliphatic carbocycles. The van der Waals surface area contributed by atoms with Gasteiger partial charge in [-0.1, -0.05) is 6.92 Å². The summed E-state index contributed by atoms with van der Waals surface area (Å²) in [5, 5.41) is 6.76. The first kappa shape index (κ1) is 13.1. The Morgan fingerprint density at radius 2 is 2.00 bits per heavy atom. The van der Waals surface area contributed by atoms with Gasteiger partial charge in [-0.2, -0.15) is 0 Å². The van der Waals surface area contributed by atoms with Gasteiger partial charge in [-0.3, -0.25) is 0 Å². The Bertz CT molecular complexity index is 463. The van der Waals surface area contributed by atoms with Crippen LogP contribution >= 0.6 is 12.6 Å². The van der Waals surface area contributed by atoms with Gasteiger partial charge in [-0.15, -0.1) is 12.6 Å². The Kier molecular flexibility index (Phi) is 3.63. The Balaban J connectivity index is 1.88. The zero-order valence-corrected chi connectivity index (χ0v) is 12.6. The van der Waals surface area contributed by atoms with Crippen LogP contribution in [0.2, 0.25) is 0 Å². The molecule has 2 heterocycles. The van der Waals surface area contributed by atoms with E-state index >= 15 is 0 Å². The van der Waals surface area contributed by atoms with Gasteiger partial charge in [-0.05, 0) is 36.0 Å². The number of nitrogens with one attached hydrogen (secondary N) is 2. The molecule has 2 saturated heterocycles. The van der Waals surface area contributed by atoms with Crippen molar-refractivity contribution in [2.45, 2.75) is 18.2 Å². The zero-order chi connectivity index (χ0) is 13.4. The zero-order valence-electron chi connectivity index (χ0n) is 11.7. The molecule has 104 valence electrons.